The number of hydrogen-bond donors (Lipinski definition) is 1. The largest absolute Gasteiger partial charge is 0.504 e. The number of rotatable bonds is 11. The Labute approximate surface area is 164 Å². The van der Waals surface area contributed by atoms with Gasteiger partial charge in [0, 0.05) is 6.08 Å². The van der Waals surface area contributed by atoms with Crippen LogP contribution in [0.1, 0.15) is 36.0 Å². The first-order chi connectivity index (χ1) is 13.6. The van der Waals surface area contributed by atoms with Crippen LogP contribution < -0.4 is 9.47 Å². The average molecular weight is 384 g/mol. The minimum atomic E-state index is -0.551. The van der Waals surface area contributed by atoms with Gasteiger partial charge in [-0.05, 0) is 62.1 Å². The number of benzene rings is 2. The van der Waals surface area contributed by atoms with Crippen LogP contribution in [0.2, 0.25) is 0 Å². The molecule has 0 radical (unpaired) electrons. The van der Waals surface area contributed by atoms with E-state index in [0.29, 0.717) is 24.5 Å². The number of hydrogen-bond acceptors (Lipinski definition) is 6. The molecule has 148 valence electrons. The van der Waals surface area contributed by atoms with E-state index in [0.717, 1.165) is 31.8 Å². The quantitative estimate of drug-likeness (QED) is 0.269. The molecule has 28 heavy (non-hydrogen) atoms. The van der Waals surface area contributed by atoms with Crippen LogP contribution in [0.3, 0.4) is 0 Å². The van der Waals surface area contributed by atoms with Crippen LogP contribution in [0, 0.1) is 0 Å². The number of carbonyl (C=O) groups is 2. The second kappa shape index (κ2) is 11.4. The Morgan fingerprint density at radius 2 is 1.61 bits per heavy atom. The predicted molar refractivity (Wildman–Crippen MR) is 105 cm³/mol. The number of carbonyl (C=O) groups excluding carboxylic acids is 2. The van der Waals surface area contributed by atoms with Gasteiger partial charge in [-0.15, -0.1) is 0 Å². The first kappa shape index (κ1) is 21.0. The van der Waals surface area contributed by atoms with Crippen LogP contribution in [-0.4, -0.2) is 30.3 Å². The van der Waals surface area contributed by atoms with Gasteiger partial charge in [-0.1, -0.05) is 18.7 Å². The smallest absolute Gasteiger partial charge is 0.343 e. The van der Waals surface area contributed by atoms with Crippen molar-refractivity contribution in [3.8, 4) is 17.2 Å². The van der Waals surface area contributed by atoms with Gasteiger partial charge in [-0.2, -0.15) is 0 Å². The maximum Gasteiger partial charge on any atom is 0.343 e. The molecule has 0 spiro atoms. The number of phenols is 1. The fourth-order valence-electron chi connectivity index (χ4n) is 2.37. The molecule has 0 aromatic heterocycles. The highest BCUT2D eigenvalue weighted by Crippen LogP contribution is 2.25. The van der Waals surface area contributed by atoms with Gasteiger partial charge in [0.15, 0.2) is 11.5 Å². The van der Waals surface area contributed by atoms with Crippen molar-refractivity contribution in [2.75, 3.05) is 13.2 Å². The molecular weight excluding hydrogens is 360 g/mol. The summed E-state index contributed by atoms with van der Waals surface area (Å²) < 4.78 is 15.7. The van der Waals surface area contributed by atoms with Gasteiger partial charge in [0.1, 0.15) is 5.75 Å². The summed E-state index contributed by atoms with van der Waals surface area (Å²) in [7, 11) is 0. The normalized spacial score (nSPS) is 10.1. The van der Waals surface area contributed by atoms with Gasteiger partial charge in [0.05, 0.1) is 18.8 Å². The minimum absolute atomic E-state index is 0.0883. The van der Waals surface area contributed by atoms with Crippen molar-refractivity contribution in [1.29, 1.82) is 0 Å². The molecule has 6 nitrogen and oxygen atoms in total. The lowest BCUT2D eigenvalue weighted by Gasteiger charge is -2.08. The van der Waals surface area contributed by atoms with Gasteiger partial charge < -0.3 is 19.3 Å². The zero-order valence-corrected chi connectivity index (χ0v) is 15.6. The minimum Gasteiger partial charge on any atom is -0.504 e. The molecule has 0 saturated carbocycles. The Morgan fingerprint density at radius 1 is 0.929 bits per heavy atom. The number of unbranched alkanes of at least 4 members (excludes halogenated alkanes) is 3. The maximum atomic E-state index is 12.1. The van der Waals surface area contributed by atoms with Crippen LogP contribution in [0.5, 0.6) is 17.2 Å². The van der Waals surface area contributed by atoms with E-state index in [1.807, 2.05) is 0 Å². The van der Waals surface area contributed by atoms with E-state index in [4.69, 9.17) is 14.2 Å². The number of para-hydroxylation sites is 2. The Bertz CT molecular complexity index is 782. The van der Waals surface area contributed by atoms with Crippen molar-refractivity contribution in [3.05, 3.63) is 66.7 Å². The summed E-state index contributed by atoms with van der Waals surface area (Å²) in [5, 5.41) is 9.65. The molecule has 0 heterocycles. The molecule has 0 fully saturated rings. The van der Waals surface area contributed by atoms with Crippen molar-refractivity contribution in [3.63, 3.8) is 0 Å². The molecule has 2 rings (SSSR count). The molecule has 0 aliphatic rings. The third-order valence-electron chi connectivity index (χ3n) is 3.88. The first-order valence-electron chi connectivity index (χ1n) is 9.12. The standard InChI is InChI=1S/C22H24O6/c1-2-21(24)27-16-8-4-3-7-15-26-18-13-11-17(12-14-18)22(25)28-20-10-6-5-9-19(20)23/h2,5-6,9-14,23H,1,3-4,7-8,15-16H2. The summed E-state index contributed by atoms with van der Waals surface area (Å²) in [5.74, 6) is -0.248. The molecule has 0 aliphatic heterocycles. The van der Waals surface area contributed by atoms with E-state index in [-0.39, 0.29) is 11.5 Å². The highest BCUT2D eigenvalue weighted by atomic mass is 16.5. The molecule has 0 aliphatic carbocycles. The van der Waals surface area contributed by atoms with E-state index in [9.17, 15) is 14.7 Å². The van der Waals surface area contributed by atoms with Gasteiger partial charge in [-0.25, -0.2) is 9.59 Å². The molecule has 0 atom stereocenters. The molecule has 1 N–H and O–H groups in total. The summed E-state index contributed by atoms with van der Waals surface area (Å²) in [6.45, 7) is 4.31. The van der Waals surface area contributed by atoms with E-state index >= 15 is 0 Å². The SMILES string of the molecule is C=CC(=O)OCCCCCCOc1ccc(C(=O)Oc2ccccc2O)cc1. The zero-order chi connectivity index (χ0) is 20.2. The highest BCUT2D eigenvalue weighted by molar-refractivity contribution is 5.91. The number of ether oxygens (including phenoxy) is 3. The lowest BCUT2D eigenvalue weighted by molar-refractivity contribution is -0.137. The molecule has 2 aromatic rings. The van der Waals surface area contributed by atoms with Gasteiger partial charge >= 0.3 is 11.9 Å². The third-order valence-corrected chi connectivity index (χ3v) is 3.88. The number of esters is 2. The monoisotopic (exact) mass is 384 g/mol. The fraction of sp³-hybridized carbons (Fsp3) is 0.273. The molecule has 6 heteroatoms. The van der Waals surface area contributed by atoms with Crippen LogP contribution in [0.15, 0.2) is 61.2 Å². The third kappa shape index (κ3) is 7.15. The number of aromatic hydroxyl groups is 1. The Morgan fingerprint density at radius 3 is 2.29 bits per heavy atom. The Balaban J connectivity index is 1.66. The Hall–Kier alpha value is -3.28. The second-order valence-electron chi connectivity index (χ2n) is 6.02. The predicted octanol–water partition coefficient (Wildman–Crippen LogP) is 4.28. The average Bonchev–Trinajstić information content (AvgIpc) is 2.71. The molecule has 0 unspecified atom stereocenters. The van der Waals surface area contributed by atoms with Crippen molar-refractivity contribution in [1.82, 2.24) is 0 Å². The maximum absolute atomic E-state index is 12.1. The van der Waals surface area contributed by atoms with Crippen LogP contribution in [0.25, 0.3) is 0 Å². The first-order valence-corrected chi connectivity index (χ1v) is 9.12. The van der Waals surface area contributed by atoms with Gasteiger partial charge in [0.2, 0.25) is 0 Å². The molecular formula is C22H24O6. The van der Waals surface area contributed by atoms with Crippen molar-refractivity contribution in [2.45, 2.75) is 25.7 Å². The lowest BCUT2D eigenvalue weighted by Crippen LogP contribution is -2.08. The van der Waals surface area contributed by atoms with E-state index < -0.39 is 11.9 Å². The van der Waals surface area contributed by atoms with Gasteiger partial charge in [0.25, 0.3) is 0 Å². The number of phenolic OH excluding ortho intramolecular Hbond substituents is 1. The summed E-state index contributed by atoms with van der Waals surface area (Å²) >= 11 is 0. The van der Waals surface area contributed by atoms with E-state index in [2.05, 4.69) is 6.58 Å². The van der Waals surface area contributed by atoms with Crippen molar-refractivity contribution >= 4 is 11.9 Å². The highest BCUT2D eigenvalue weighted by Gasteiger charge is 2.11. The summed E-state index contributed by atoms with van der Waals surface area (Å²) in [6, 6.07) is 12.9. The topological polar surface area (TPSA) is 82.1 Å². The summed E-state index contributed by atoms with van der Waals surface area (Å²) in [5.41, 5.74) is 0.365. The van der Waals surface area contributed by atoms with Crippen molar-refractivity contribution < 1.29 is 28.9 Å². The molecule has 0 saturated heterocycles. The van der Waals surface area contributed by atoms with Gasteiger partial charge in [-0.3, -0.25) is 0 Å². The van der Waals surface area contributed by atoms with E-state index in [1.165, 1.54) is 12.1 Å². The Kier molecular flexibility index (Phi) is 8.59. The second-order valence-corrected chi connectivity index (χ2v) is 6.02. The zero-order valence-electron chi connectivity index (χ0n) is 15.6. The summed E-state index contributed by atoms with van der Waals surface area (Å²) in [4.78, 5) is 23.0. The molecule has 2 aromatic carbocycles. The van der Waals surface area contributed by atoms with Crippen molar-refractivity contribution in [2.24, 2.45) is 0 Å². The molecule has 0 bridgehead atoms. The van der Waals surface area contributed by atoms with E-state index in [1.54, 1.807) is 36.4 Å². The van der Waals surface area contributed by atoms with Crippen LogP contribution in [-0.2, 0) is 9.53 Å². The fourth-order valence-corrected chi connectivity index (χ4v) is 2.37. The lowest BCUT2D eigenvalue weighted by atomic mass is 10.2. The van der Waals surface area contributed by atoms with Crippen LogP contribution >= 0.6 is 0 Å². The molecule has 0 amide bonds. The van der Waals surface area contributed by atoms with Crippen LogP contribution in [0.4, 0.5) is 0 Å². The summed E-state index contributed by atoms with van der Waals surface area (Å²) in [6.07, 6.45) is 4.77.